The number of thioether (sulfide) groups is 1. The van der Waals surface area contributed by atoms with Gasteiger partial charge >= 0.3 is 5.97 Å². The van der Waals surface area contributed by atoms with Crippen LogP contribution in [0.25, 0.3) is 0 Å². The van der Waals surface area contributed by atoms with E-state index in [1.165, 1.54) is 0 Å². The number of aryl methyl sites for hydroxylation is 1. The summed E-state index contributed by atoms with van der Waals surface area (Å²) in [6.45, 7) is 0. The second kappa shape index (κ2) is 4.15. The van der Waals surface area contributed by atoms with Crippen LogP contribution < -0.4 is 0 Å². The molecule has 1 aromatic heterocycles. The number of aromatic amines is 1. The van der Waals surface area contributed by atoms with Crippen LogP contribution in [0.15, 0.2) is 6.07 Å². The summed E-state index contributed by atoms with van der Waals surface area (Å²) in [7, 11) is 0. The van der Waals surface area contributed by atoms with E-state index < -0.39 is 5.97 Å². The molecule has 12 heavy (non-hydrogen) atoms. The van der Waals surface area contributed by atoms with Crippen LogP contribution in [0.5, 0.6) is 0 Å². The van der Waals surface area contributed by atoms with Gasteiger partial charge in [0.15, 0.2) is 5.69 Å². The standard InChI is InChI=1S/C7H10N2O2S/c1-12-3-2-5-4-6(7(10)11)9-8-5/h4H,2-3H2,1H3,(H,8,9)(H,10,11). The molecular weight excluding hydrogens is 176 g/mol. The minimum Gasteiger partial charge on any atom is -0.476 e. The number of nitrogens with zero attached hydrogens (tertiary/aromatic N) is 1. The van der Waals surface area contributed by atoms with Gasteiger partial charge in [-0.15, -0.1) is 0 Å². The maximum atomic E-state index is 10.4. The fraction of sp³-hybridized carbons (Fsp3) is 0.429. The number of carbonyl (C=O) groups is 1. The lowest BCUT2D eigenvalue weighted by Crippen LogP contribution is -1.95. The van der Waals surface area contributed by atoms with E-state index in [4.69, 9.17) is 5.11 Å². The Labute approximate surface area is 74.4 Å². The minimum absolute atomic E-state index is 0.0890. The molecule has 0 fully saturated rings. The van der Waals surface area contributed by atoms with Gasteiger partial charge in [0, 0.05) is 5.69 Å². The highest BCUT2D eigenvalue weighted by atomic mass is 32.2. The predicted molar refractivity (Wildman–Crippen MR) is 47.6 cm³/mol. The highest BCUT2D eigenvalue weighted by Crippen LogP contribution is 2.03. The van der Waals surface area contributed by atoms with Crippen LogP contribution in [0.4, 0.5) is 0 Å². The average molecular weight is 186 g/mol. The zero-order chi connectivity index (χ0) is 8.97. The lowest BCUT2D eigenvalue weighted by Gasteiger charge is -1.90. The summed E-state index contributed by atoms with van der Waals surface area (Å²) in [6.07, 6.45) is 2.84. The van der Waals surface area contributed by atoms with Gasteiger partial charge in [0.05, 0.1) is 0 Å². The van der Waals surface area contributed by atoms with Crippen LogP contribution in [0.1, 0.15) is 16.2 Å². The summed E-state index contributed by atoms with van der Waals surface area (Å²) in [5, 5.41) is 14.8. The number of aromatic nitrogens is 2. The van der Waals surface area contributed by atoms with Crippen molar-refractivity contribution in [1.82, 2.24) is 10.2 Å². The van der Waals surface area contributed by atoms with Crippen LogP contribution in [-0.4, -0.2) is 33.3 Å². The van der Waals surface area contributed by atoms with E-state index in [1.54, 1.807) is 17.8 Å². The molecule has 5 heteroatoms. The van der Waals surface area contributed by atoms with Crippen molar-refractivity contribution < 1.29 is 9.90 Å². The number of carboxylic acids is 1. The van der Waals surface area contributed by atoms with Crippen LogP contribution >= 0.6 is 11.8 Å². The van der Waals surface area contributed by atoms with Gasteiger partial charge in [0.1, 0.15) is 0 Å². The maximum absolute atomic E-state index is 10.4. The first-order valence-electron chi connectivity index (χ1n) is 3.50. The summed E-state index contributed by atoms with van der Waals surface area (Å²) < 4.78 is 0. The van der Waals surface area contributed by atoms with Gasteiger partial charge in [0.25, 0.3) is 0 Å². The largest absolute Gasteiger partial charge is 0.476 e. The summed E-state index contributed by atoms with van der Waals surface area (Å²) in [5.41, 5.74) is 0.966. The fourth-order valence-electron chi connectivity index (χ4n) is 0.811. The molecule has 4 nitrogen and oxygen atoms in total. The number of rotatable bonds is 4. The van der Waals surface area contributed by atoms with Crippen molar-refractivity contribution in [2.75, 3.05) is 12.0 Å². The molecule has 66 valence electrons. The fourth-order valence-corrected chi connectivity index (χ4v) is 1.24. The summed E-state index contributed by atoms with van der Waals surface area (Å²) >= 11 is 1.72. The molecule has 0 amide bonds. The Balaban J connectivity index is 2.58. The lowest BCUT2D eigenvalue weighted by molar-refractivity contribution is 0.0690. The first-order valence-corrected chi connectivity index (χ1v) is 4.90. The molecule has 0 aliphatic rings. The molecule has 0 aliphatic carbocycles. The topological polar surface area (TPSA) is 66.0 Å². The van der Waals surface area contributed by atoms with E-state index in [1.807, 2.05) is 6.26 Å². The third-order valence-electron chi connectivity index (χ3n) is 1.43. The third kappa shape index (κ3) is 2.27. The van der Waals surface area contributed by atoms with E-state index in [0.29, 0.717) is 0 Å². The Morgan fingerprint density at radius 2 is 2.58 bits per heavy atom. The van der Waals surface area contributed by atoms with Crippen LogP contribution in [0.3, 0.4) is 0 Å². The normalized spacial score (nSPS) is 10.1. The highest BCUT2D eigenvalue weighted by Gasteiger charge is 2.06. The first kappa shape index (κ1) is 9.12. The van der Waals surface area contributed by atoms with E-state index in [-0.39, 0.29) is 5.69 Å². The number of hydrogen-bond donors (Lipinski definition) is 2. The Kier molecular flexibility index (Phi) is 3.16. The van der Waals surface area contributed by atoms with E-state index >= 15 is 0 Å². The summed E-state index contributed by atoms with van der Waals surface area (Å²) in [5.74, 6) is -0.0111. The maximum Gasteiger partial charge on any atom is 0.356 e. The number of carboxylic acid groups (broad SMARTS) is 1. The number of hydrogen-bond acceptors (Lipinski definition) is 3. The number of nitrogens with one attached hydrogen (secondary N) is 1. The van der Waals surface area contributed by atoms with Crippen molar-refractivity contribution in [3.05, 3.63) is 17.5 Å². The smallest absolute Gasteiger partial charge is 0.356 e. The van der Waals surface area contributed by atoms with Crippen molar-refractivity contribution in [3.63, 3.8) is 0 Å². The Hall–Kier alpha value is -0.970. The first-order chi connectivity index (χ1) is 5.74. The third-order valence-corrected chi connectivity index (χ3v) is 2.04. The Morgan fingerprint density at radius 3 is 3.08 bits per heavy atom. The van der Waals surface area contributed by atoms with Gasteiger partial charge in [-0.2, -0.15) is 16.9 Å². The molecule has 0 atom stereocenters. The van der Waals surface area contributed by atoms with Gasteiger partial charge in [0.2, 0.25) is 0 Å². The molecule has 0 aliphatic heterocycles. The van der Waals surface area contributed by atoms with Gasteiger partial charge < -0.3 is 5.11 Å². The molecule has 0 unspecified atom stereocenters. The predicted octanol–water partition coefficient (Wildman–Crippen LogP) is 1.01. The van der Waals surface area contributed by atoms with Crippen molar-refractivity contribution >= 4 is 17.7 Å². The molecule has 2 N–H and O–H groups in total. The molecule has 1 aromatic rings. The number of aromatic carboxylic acids is 1. The molecule has 0 spiro atoms. The Morgan fingerprint density at radius 1 is 1.83 bits per heavy atom. The van der Waals surface area contributed by atoms with Gasteiger partial charge in [-0.25, -0.2) is 4.79 Å². The van der Waals surface area contributed by atoms with Gasteiger partial charge in [-0.05, 0) is 24.5 Å². The molecule has 0 saturated heterocycles. The van der Waals surface area contributed by atoms with Crippen molar-refractivity contribution in [1.29, 1.82) is 0 Å². The van der Waals surface area contributed by atoms with Crippen molar-refractivity contribution in [2.45, 2.75) is 6.42 Å². The molecule has 0 bridgehead atoms. The highest BCUT2D eigenvalue weighted by molar-refractivity contribution is 7.98. The molecule has 0 aromatic carbocycles. The monoisotopic (exact) mass is 186 g/mol. The molecule has 0 saturated carbocycles. The van der Waals surface area contributed by atoms with Gasteiger partial charge in [-0.1, -0.05) is 0 Å². The summed E-state index contributed by atoms with van der Waals surface area (Å²) in [4.78, 5) is 10.4. The van der Waals surface area contributed by atoms with Crippen LogP contribution in [-0.2, 0) is 6.42 Å². The number of H-pyrrole nitrogens is 1. The second-order valence-corrected chi connectivity index (χ2v) is 3.31. The molecule has 1 heterocycles. The lowest BCUT2D eigenvalue weighted by atomic mass is 10.3. The van der Waals surface area contributed by atoms with Crippen LogP contribution in [0.2, 0.25) is 0 Å². The average Bonchev–Trinajstić information content (AvgIpc) is 2.48. The van der Waals surface area contributed by atoms with E-state index in [2.05, 4.69) is 10.2 Å². The second-order valence-electron chi connectivity index (χ2n) is 2.33. The van der Waals surface area contributed by atoms with Gasteiger partial charge in [-0.3, -0.25) is 5.10 Å². The quantitative estimate of drug-likeness (QED) is 0.736. The zero-order valence-electron chi connectivity index (χ0n) is 6.70. The van der Waals surface area contributed by atoms with E-state index in [0.717, 1.165) is 17.9 Å². The minimum atomic E-state index is -0.985. The molecule has 1 rings (SSSR count). The SMILES string of the molecule is CSCCc1cc(C(=O)O)n[nH]1. The molecular formula is C7H10N2O2S. The van der Waals surface area contributed by atoms with E-state index in [9.17, 15) is 4.79 Å². The van der Waals surface area contributed by atoms with Crippen molar-refractivity contribution in [2.24, 2.45) is 0 Å². The van der Waals surface area contributed by atoms with Crippen LogP contribution in [0, 0.1) is 0 Å². The Bertz CT molecular complexity index is 272. The van der Waals surface area contributed by atoms with Crippen molar-refractivity contribution in [3.8, 4) is 0 Å². The molecule has 0 radical (unpaired) electrons. The summed E-state index contributed by atoms with van der Waals surface area (Å²) in [6, 6.07) is 1.57. The zero-order valence-corrected chi connectivity index (χ0v) is 7.52.